The van der Waals surface area contributed by atoms with Gasteiger partial charge in [-0.2, -0.15) is 9.65 Å². The highest BCUT2D eigenvalue weighted by Gasteiger charge is 2.19. The summed E-state index contributed by atoms with van der Waals surface area (Å²) in [5, 5.41) is 18.5. The lowest BCUT2D eigenvalue weighted by Crippen LogP contribution is -2.01. The zero-order valence-electron chi connectivity index (χ0n) is 7.94. The minimum absolute atomic E-state index is 0.0120. The van der Waals surface area contributed by atoms with E-state index in [2.05, 4.69) is 0 Å². The maximum Gasteiger partial charge on any atom is 0.307 e. The molecule has 0 radical (unpaired) electrons. The van der Waals surface area contributed by atoms with Gasteiger partial charge in [0.05, 0.1) is 23.5 Å². The molecule has 5 nitrogen and oxygen atoms in total. The molecule has 0 aliphatic heterocycles. The molecule has 0 unspecified atom stereocenters. The number of halogens is 2. The third kappa shape index (κ3) is 2.63. The van der Waals surface area contributed by atoms with Crippen molar-refractivity contribution in [2.24, 2.45) is 0 Å². The molecule has 0 N–H and O–H groups in total. The molecule has 0 saturated carbocycles. The Morgan fingerprint density at radius 2 is 2.12 bits per heavy atom. The van der Waals surface area contributed by atoms with E-state index in [9.17, 15) is 18.9 Å². The maximum atomic E-state index is 13.1. The molecular formula is C9H6F2N2O3. The summed E-state index contributed by atoms with van der Waals surface area (Å²) in [7, 11) is 0. The van der Waals surface area contributed by atoms with Crippen LogP contribution in [0.15, 0.2) is 12.1 Å². The molecule has 0 amide bonds. The first kappa shape index (κ1) is 11.8. The van der Waals surface area contributed by atoms with Crippen molar-refractivity contribution in [1.82, 2.24) is 0 Å². The molecular weight excluding hydrogens is 222 g/mol. The number of nitro benzene ring substituents is 1. The second-order valence-corrected chi connectivity index (χ2v) is 2.75. The molecule has 0 bridgehead atoms. The molecule has 1 rings (SSSR count). The molecule has 0 aliphatic rings. The fourth-order valence-corrected chi connectivity index (χ4v) is 0.975. The van der Waals surface area contributed by atoms with E-state index in [1.807, 2.05) is 0 Å². The van der Waals surface area contributed by atoms with Crippen LogP contribution in [0.2, 0.25) is 0 Å². The minimum Gasteiger partial charge on any atom is -0.489 e. The molecule has 16 heavy (non-hydrogen) atoms. The first-order valence-corrected chi connectivity index (χ1v) is 4.19. The van der Waals surface area contributed by atoms with Crippen molar-refractivity contribution in [3.8, 4) is 11.8 Å². The standard InChI is InChI=1S/C9H6F2N2O3/c10-6-5-9(16-3-1-2-12)7(11)4-8(6)13(14)15/h4-5H,1,3H2. The fraction of sp³-hybridized carbons (Fsp3) is 0.222. The van der Waals surface area contributed by atoms with Gasteiger partial charge < -0.3 is 4.74 Å². The lowest BCUT2D eigenvalue weighted by molar-refractivity contribution is -0.387. The molecule has 0 aromatic heterocycles. The van der Waals surface area contributed by atoms with Gasteiger partial charge in [-0.05, 0) is 0 Å². The van der Waals surface area contributed by atoms with Crippen LogP contribution < -0.4 is 4.74 Å². The molecule has 84 valence electrons. The molecule has 0 saturated heterocycles. The van der Waals surface area contributed by atoms with E-state index in [4.69, 9.17) is 10.00 Å². The second-order valence-electron chi connectivity index (χ2n) is 2.75. The molecule has 0 spiro atoms. The van der Waals surface area contributed by atoms with Crippen LogP contribution in [-0.4, -0.2) is 11.5 Å². The predicted molar refractivity (Wildman–Crippen MR) is 48.7 cm³/mol. The Kier molecular flexibility index (Phi) is 3.72. The van der Waals surface area contributed by atoms with Crippen LogP contribution in [-0.2, 0) is 0 Å². The van der Waals surface area contributed by atoms with Gasteiger partial charge in [0.2, 0.25) is 5.82 Å². The van der Waals surface area contributed by atoms with E-state index < -0.39 is 28.0 Å². The highest BCUT2D eigenvalue weighted by molar-refractivity contribution is 5.39. The highest BCUT2D eigenvalue weighted by Crippen LogP contribution is 2.26. The number of hydrogen-bond donors (Lipinski definition) is 0. The Hall–Kier alpha value is -2.23. The van der Waals surface area contributed by atoms with Gasteiger partial charge in [0, 0.05) is 6.07 Å². The van der Waals surface area contributed by atoms with Crippen molar-refractivity contribution < 1.29 is 18.4 Å². The first-order valence-electron chi connectivity index (χ1n) is 4.19. The van der Waals surface area contributed by atoms with Crippen molar-refractivity contribution in [2.45, 2.75) is 6.42 Å². The van der Waals surface area contributed by atoms with Gasteiger partial charge in [-0.25, -0.2) is 4.39 Å². The summed E-state index contributed by atoms with van der Waals surface area (Å²) in [6.45, 7) is -0.106. The monoisotopic (exact) mass is 228 g/mol. The first-order chi connectivity index (χ1) is 7.56. The average molecular weight is 228 g/mol. The van der Waals surface area contributed by atoms with E-state index in [1.165, 1.54) is 0 Å². The van der Waals surface area contributed by atoms with Gasteiger partial charge in [0.1, 0.15) is 6.61 Å². The SMILES string of the molecule is N#CCCOc1cc(F)c([N+](=O)[O-])cc1F. The third-order valence-corrected chi connectivity index (χ3v) is 1.67. The van der Waals surface area contributed by atoms with Crippen molar-refractivity contribution in [3.05, 3.63) is 33.9 Å². The van der Waals surface area contributed by atoms with Crippen molar-refractivity contribution >= 4 is 5.69 Å². The molecule has 0 aliphatic carbocycles. The number of nitriles is 1. The van der Waals surface area contributed by atoms with Crippen LogP contribution in [0.25, 0.3) is 0 Å². The van der Waals surface area contributed by atoms with Crippen molar-refractivity contribution in [2.75, 3.05) is 6.61 Å². The fourth-order valence-electron chi connectivity index (χ4n) is 0.975. The third-order valence-electron chi connectivity index (χ3n) is 1.67. The summed E-state index contributed by atoms with van der Waals surface area (Å²) < 4.78 is 30.9. The number of nitro groups is 1. The van der Waals surface area contributed by atoms with Crippen molar-refractivity contribution in [1.29, 1.82) is 5.26 Å². The predicted octanol–water partition coefficient (Wildman–Crippen LogP) is 2.17. The van der Waals surface area contributed by atoms with Crippen LogP contribution in [0.4, 0.5) is 14.5 Å². The van der Waals surface area contributed by atoms with Crippen molar-refractivity contribution in [3.63, 3.8) is 0 Å². The van der Waals surface area contributed by atoms with Crippen LogP contribution in [0.1, 0.15) is 6.42 Å². The van der Waals surface area contributed by atoms with Crippen LogP contribution in [0, 0.1) is 33.1 Å². The molecule has 1 aromatic rings. The molecule has 0 heterocycles. The Labute approximate surface area is 89.0 Å². The zero-order chi connectivity index (χ0) is 12.1. The largest absolute Gasteiger partial charge is 0.489 e. The molecule has 0 fully saturated rings. The van der Waals surface area contributed by atoms with Gasteiger partial charge in [0.15, 0.2) is 11.6 Å². The summed E-state index contributed by atoms with van der Waals surface area (Å²) in [5.41, 5.74) is -0.954. The van der Waals surface area contributed by atoms with E-state index in [0.717, 1.165) is 0 Å². The summed E-state index contributed by atoms with van der Waals surface area (Å²) in [4.78, 5) is 9.23. The summed E-state index contributed by atoms with van der Waals surface area (Å²) >= 11 is 0. The van der Waals surface area contributed by atoms with Crippen LogP contribution in [0.5, 0.6) is 5.75 Å². The number of ether oxygens (including phenoxy) is 1. The lowest BCUT2D eigenvalue weighted by atomic mass is 10.3. The van der Waals surface area contributed by atoms with E-state index in [0.29, 0.717) is 12.1 Å². The van der Waals surface area contributed by atoms with E-state index in [-0.39, 0.29) is 13.0 Å². The van der Waals surface area contributed by atoms with Crippen LogP contribution >= 0.6 is 0 Å². The average Bonchev–Trinajstić information content (AvgIpc) is 2.22. The van der Waals surface area contributed by atoms with Gasteiger partial charge in [-0.15, -0.1) is 0 Å². The van der Waals surface area contributed by atoms with Gasteiger partial charge >= 0.3 is 5.69 Å². The Morgan fingerprint density at radius 1 is 1.44 bits per heavy atom. The van der Waals surface area contributed by atoms with Gasteiger partial charge in [-0.1, -0.05) is 0 Å². The number of rotatable bonds is 4. The van der Waals surface area contributed by atoms with Gasteiger partial charge in [-0.3, -0.25) is 10.1 Å². The van der Waals surface area contributed by atoms with E-state index in [1.54, 1.807) is 6.07 Å². The summed E-state index contributed by atoms with van der Waals surface area (Å²) in [5.74, 6) is -2.66. The highest BCUT2D eigenvalue weighted by atomic mass is 19.1. The molecule has 1 aromatic carbocycles. The Balaban J connectivity index is 2.93. The Bertz CT molecular complexity index is 457. The maximum absolute atomic E-state index is 13.1. The number of hydrogen-bond acceptors (Lipinski definition) is 4. The summed E-state index contributed by atoms with van der Waals surface area (Å²) in [6.07, 6.45) is 0.0120. The number of nitrogens with zero attached hydrogens (tertiary/aromatic N) is 2. The van der Waals surface area contributed by atoms with E-state index >= 15 is 0 Å². The second kappa shape index (κ2) is 5.02. The Morgan fingerprint density at radius 3 is 2.69 bits per heavy atom. The lowest BCUT2D eigenvalue weighted by Gasteiger charge is -2.05. The zero-order valence-corrected chi connectivity index (χ0v) is 7.94. The smallest absolute Gasteiger partial charge is 0.307 e. The topological polar surface area (TPSA) is 76.2 Å². The summed E-state index contributed by atoms with van der Waals surface area (Å²) in [6, 6.07) is 2.78. The molecule has 0 atom stereocenters. The minimum atomic E-state index is -1.18. The quantitative estimate of drug-likeness (QED) is 0.449. The molecule has 7 heteroatoms. The number of benzene rings is 1. The van der Waals surface area contributed by atoms with Gasteiger partial charge in [0.25, 0.3) is 0 Å². The van der Waals surface area contributed by atoms with Crippen LogP contribution in [0.3, 0.4) is 0 Å². The normalized spacial score (nSPS) is 9.56.